The van der Waals surface area contributed by atoms with Gasteiger partial charge in [0.05, 0.1) is 0 Å². The summed E-state index contributed by atoms with van der Waals surface area (Å²) in [7, 11) is 0. The number of benzene rings is 1. The van der Waals surface area contributed by atoms with Gasteiger partial charge in [-0.25, -0.2) is 0 Å². The molecule has 11 heavy (non-hydrogen) atoms. The van der Waals surface area contributed by atoms with E-state index in [0.717, 1.165) is 5.52 Å². The van der Waals surface area contributed by atoms with Crippen LogP contribution in [0.4, 0.5) is 0 Å². The van der Waals surface area contributed by atoms with Crippen LogP contribution in [0.5, 0.6) is 0 Å². The summed E-state index contributed by atoms with van der Waals surface area (Å²) in [6.07, 6.45) is 0. The van der Waals surface area contributed by atoms with Crippen molar-refractivity contribution < 1.29 is 32.7 Å². The molecule has 0 aliphatic carbocycles. The van der Waals surface area contributed by atoms with Crippen LogP contribution >= 0.6 is 11.3 Å². The van der Waals surface area contributed by atoms with Gasteiger partial charge < -0.3 is 12.4 Å². The molecule has 0 amide bonds. The third kappa shape index (κ3) is 2.33. The van der Waals surface area contributed by atoms with E-state index in [2.05, 4.69) is 10.5 Å². The van der Waals surface area contributed by atoms with Crippen molar-refractivity contribution in [2.45, 2.75) is 0 Å². The fraction of sp³-hybridized carbons (Fsp3) is 0. The molecule has 1 nitrogen and oxygen atoms in total. The fourth-order valence-electron chi connectivity index (χ4n) is 0.757. The molecule has 2 aromatic rings. The smallest absolute Gasteiger partial charge is 0 e. The summed E-state index contributed by atoms with van der Waals surface area (Å²) >= 11 is 1.55. The molecule has 0 atom stereocenters. The predicted octanol–water partition coefficient (Wildman–Crippen LogP) is 2.54. The Morgan fingerprint density at radius 1 is 1.27 bits per heavy atom. The number of aromatic nitrogens is 1. The minimum Gasteiger partial charge on any atom is -0.386 e. The number of hydrogen-bond acceptors (Lipinski definition) is 2. The quantitative estimate of drug-likeness (QED) is 0.643. The third-order valence-electron chi connectivity index (χ3n) is 1.19. The molecule has 0 bridgehead atoms. The van der Waals surface area contributed by atoms with Gasteiger partial charge in [-0.3, -0.25) is 11.3 Å². The Kier molecular flexibility index (Phi) is 5.06. The van der Waals surface area contributed by atoms with Gasteiger partial charge in [-0.15, -0.1) is 16.8 Å². The molecule has 1 aromatic heterocycles. The molecule has 0 saturated carbocycles. The van der Waals surface area contributed by atoms with Crippen LogP contribution in [0.1, 0.15) is 0 Å². The molecular formula is C8H7NSY-2. The molecule has 55 valence electrons. The van der Waals surface area contributed by atoms with E-state index in [9.17, 15) is 0 Å². The van der Waals surface area contributed by atoms with Crippen LogP contribution in [0.25, 0.3) is 10.2 Å². The Labute approximate surface area is 95.7 Å². The van der Waals surface area contributed by atoms with Gasteiger partial charge in [0.15, 0.2) is 0 Å². The number of rotatable bonds is 0. The summed E-state index contributed by atoms with van der Waals surface area (Å²) in [5.41, 5.74) is 3.87. The standard InChI is InChI=1S/C7H4NS.CH3.Y/c1-2-4-7-6(3-1)8-5-9-7;;/h1-4H;1H3;/q2*-1;. The first-order valence-corrected chi connectivity index (χ1v) is 3.50. The van der Waals surface area contributed by atoms with Crippen molar-refractivity contribution in [3.63, 3.8) is 0 Å². The number of para-hydroxylation sites is 1. The average molecular weight is 238 g/mol. The van der Waals surface area contributed by atoms with Crippen LogP contribution in [0.15, 0.2) is 24.3 Å². The molecule has 0 fully saturated rings. The number of fused-ring (bicyclic) bond motifs is 1. The first-order valence-electron chi connectivity index (χ1n) is 2.68. The van der Waals surface area contributed by atoms with Crippen LogP contribution in [0.3, 0.4) is 0 Å². The second-order valence-corrected chi connectivity index (χ2v) is 2.60. The van der Waals surface area contributed by atoms with E-state index in [-0.39, 0.29) is 40.1 Å². The maximum Gasteiger partial charge on any atom is 0 e. The molecule has 2 rings (SSSR count). The Hall–Kier alpha value is 0.214. The summed E-state index contributed by atoms with van der Waals surface area (Å²) in [6, 6.07) is 8.02. The molecule has 0 aliphatic heterocycles. The summed E-state index contributed by atoms with van der Waals surface area (Å²) < 4.78 is 1.21. The summed E-state index contributed by atoms with van der Waals surface area (Å²) in [4.78, 5) is 4.01. The Balaban J connectivity index is 0.000000500. The van der Waals surface area contributed by atoms with Gasteiger partial charge in [0.25, 0.3) is 0 Å². The van der Waals surface area contributed by atoms with E-state index in [1.165, 1.54) is 4.70 Å². The van der Waals surface area contributed by atoms with E-state index in [0.29, 0.717) is 0 Å². The molecule has 3 heteroatoms. The zero-order valence-electron chi connectivity index (χ0n) is 6.24. The Bertz CT molecular complexity index is 288. The van der Waals surface area contributed by atoms with Crippen molar-refractivity contribution >= 4 is 21.6 Å². The maximum absolute atomic E-state index is 4.01. The van der Waals surface area contributed by atoms with E-state index in [1.54, 1.807) is 11.3 Å². The molecule has 0 saturated heterocycles. The van der Waals surface area contributed by atoms with E-state index in [1.807, 2.05) is 24.3 Å². The van der Waals surface area contributed by atoms with Crippen LogP contribution in [-0.4, -0.2) is 4.98 Å². The molecule has 0 N–H and O–H groups in total. The maximum atomic E-state index is 4.01. The normalized spacial score (nSPS) is 8.36. The number of nitrogens with zero attached hydrogens (tertiary/aromatic N) is 1. The average Bonchev–Trinajstić information content (AvgIpc) is 2.33. The Morgan fingerprint density at radius 3 is 2.73 bits per heavy atom. The van der Waals surface area contributed by atoms with Gasteiger partial charge in [-0.1, -0.05) is 17.6 Å². The Morgan fingerprint density at radius 2 is 2.00 bits per heavy atom. The van der Waals surface area contributed by atoms with Crippen LogP contribution in [0.2, 0.25) is 0 Å². The van der Waals surface area contributed by atoms with Crippen molar-refractivity contribution in [2.24, 2.45) is 0 Å². The second kappa shape index (κ2) is 4.97. The first-order chi connectivity index (χ1) is 4.47. The minimum atomic E-state index is 0. The molecule has 1 aromatic carbocycles. The van der Waals surface area contributed by atoms with E-state index < -0.39 is 0 Å². The largest absolute Gasteiger partial charge is 0.386 e. The van der Waals surface area contributed by atoms with Crippen LogP contribution < -0.4 is 0 Å². The second-order valence-electron chi connectivity index (χ2n) is 1.77. The number of hydrogen-bond donors (Lipinski definition) is 0. The van der Waals surface area contributed by atoms with Gasteiger partial charge in [0.2, 0.25) is 0 Å². The van der Waals surface area contributed by atoms with E-state index >= 15 is 0 Å². The van der Waals surface area contributed by atoms with Crippen molar-refractivity contribution in [1.29, 1.82) is 0 Å². The van der Waals surface area contributed by atoms with Gasteiger partial charge in [0, 0.05) is 32.7 Å². The molecule has 0 spiro atoms. The zero-order valence-corrected chi connectivity index (χ0v) is 9.90. The van der Waals surface area contributed by atoms with Gasteiger partial charge >= 0.3 is 0 Å². The molecular weight excluding hydrogens is 231 g/mol. The van der Waals surface area contributed by atoms with Crippen LogP contribution in [-0.2, 0) is 32.7 Å². The first kappa shape index (κ1) is 11.2. The van der Waals surface area contributed by atoms with Crippen LogP contribution in [0, 0.1) is 12.9 Å². The van der Waals surface area contributed by atoms with Crippen molar-refractivity contribution in [3.8, 4) is 0 Å². The van der Waals surface area contributed by atoms with Gasteiger partial charge in [0.1, 0.15) is 0 Å². The molecule has 0 aliphatic rings. The zero-order chi connectivity index (χ0) is 6.10. The fourth-order valence-corrected chi connectivity index (χ4v) is 1.36. The van der Waals surface area contributed by atoms with Crippen molar-refractivity contribution in [3.05, 3.63) is 37.2 Å². The molecule has 1 heterocycles. The summed E-state index contributed by atoms with van der Waals surface area (Å²) in [5.74, 6) is 0. The summed E-state index contributed by atoms with van der Waals surface area (Å²) in [6.45, 7) is 0. The van der Waals surface area contributed by atoms with Crippen molar-refractivity contribution in [2.75, 3.05) is 0 Å². The van der Waals surface area contributed by atoms with Gasteiger partial charge in [-0.2, -0.15) is 0 Å². The predicted molar refractivity (Wildman–Crippen MR) is 44.9 cm³/mol. The third-order valence-corrected chi connectivity index (χ3v) is 1.93. The van der Waals surface area contributed by atoms with Crippen molar-refractivity contribution in [1.82, 2.24) is 4.98 Å². The van der Waals surface area contributed by atoms with E-state index in [4.69, 9.17) is 0 Å². The van der Waals surface area contributed by atoms with Gasteiger partial charge in [-0.05, 0) is 5.51 Å². The monoisotopic (exact) mass is 238 g/mol. The SMILES string of the molecule is [CH3-].[Y].[c-]1nc2ccccc2s1. The topological polar surface area (TPSA) is 12.9 Å². The minimum absolute atomic E-state index is 0. The number of thiazole rings is 1. The molecule has 0 unspecified atom stereocenters. The summed E-state index contributed by atoms with van der Waals surface area (Å²) in [5, 5.41) is 0. The molecule has 1 radical (unpaired) electrons.